The number of hydrogen-bond acceptors (Lipinski definition) is 5. The average molecular weight is 280 g/mol. The molecule has 1 aromatic heterocycles. The van der Waals surface area contributed by atoms with Crippen molar-refractivity contribution in [3.8, 4) is 0 Å². The zero-order valence-electron chi connectivity index (χ0n) is 11.5. The molecule has 1 amide bonds. The molecule has 2 fully saturated rings. The van der Waals surface area contributed by atoms with Crippen molar-refractivity contribution in [2.24, 2.45) is 5.92 Å². The van der Waals surface area contributed by atoms with Gasteiger partial charge in [-0.25, -0.2) is 4.98 Å². The van der Waals surface area contributed by atoms with Crippen molar-refractivity contribution in [2.75, 3.05) is 13.2 Å². The molecule has 0 aromatic carbocycles. The first-order valence-electron chi connectivity index (χ1n) is 7.16. The molecule has 0 spiro atoms. The lowest BCUT2D eigenvalue weighted by atomic mass is 9.81. The topological polar surface area (TPSA) is 89.1 Å². The number of nitrogens with one attached hydrogen (secondary N) is 2. The summed E-state index contributed by atoms with van der Waals surface area (Å²) in [5, 5.41) is 9.71. The van der Waals surface area contributed by atoms with Crippen molar-refractivity contribution < 1.29 is 14.3 Å². The summed E-state index contributed by atoms with van der Waals surface area (Å²) >= 11 is 0. The normalized spacial score (nSPS) is 32.9. The monoisotopic (exact) mass is 280 g/mol. The van der Waals surface area contributed by atoms with Gasteiger partial charge in [-0.05, 0) is 26.2 Å². The molecule has 1 aliphatic carbocycles. The van der Waals surface area contributed by atoms with Crippen LogP contribution in [0.2, 0.25) is 0 Å². The smallest absolute Gasteiger partial charge is 0.223 e. The molecule has 20 heavy (non-hydrogen) atoms. The summed E-state index contributed by atoms with van der Waals surface area (Å²) in [4.78, 5) is 16.3. The molecule has 0 bridgehead atoms. The van der Waals surface area contributed by atoms with Gasteiger partial charge in [-0.1, -0.05) is 0 Å². The first-order chi connectivity index (χ1) is 9.78. The lowest BCUT2D eigenvalue weighted by molar-refractivity contribution is -0.134. The Hall–Kier alpha value is -1.47. The summed E-state index contributed by atoms with van der Waals surface area (Å²) in [6, 6.07) is -0.0263. The Bertz CT molecular complexity index is 444. The summed E-state index contributed by atoms with van der Waals surface area (Å²) < 4.78 is 11.1. The van der Waals surface area contributed by atoms with E-state index < -0.39 is 0 Å². The molecule has 0 radical (unpaired) electrons. The van der Waals surface area contributed by atoms with E-state index in [1.807, 2.05) is 6.92 Å². The van der Waals surface area contributed by atoms with Crippen molar-refractivity contribution in [3.05, 3.63) is 12.2 Å². The molecular weight excluding hydrogens is 260 g/mol. The van der Waals surface area contributed by atoms with E-state index in [1.54, 1.807) is 0 Å². The SMILES string of the molecule is CCOC1CC(C(=O)N[C@H]2CCO[C@H]2c2ncn[nH]2)C1. The molecule has 2 aliphatic rings. The van der Waals surface area contributed by atoms with Crippen LogP contribution in [-0.2, 0) is 14.3 Å². The molecule has 3 rings (SSSR count). The van der Waals surface area contributed by atoms with E-state index in [0.29, 0.717) is 19.0 Å². The summed E-state index contributed by atoms with van der Waals surface area (Å²) in [6.07, 6.45) is 3.93. The lowest BCUT2D eigenvalue weighted by Crippen LogP contribution is -2.46. The summed E-state index contributed by atoms with van der Waals surface area (Å²) in [6.45, 7) is 3.32. The third-order valence-corrected chi connectivity index (χ3v) is 3.99. The van der Waals surface area contributed by atoms with Crippen LogP contribution in [0.3, 0.4) is 0 Å². The maximum Gasteiger partial charge on any atom is 0.223 e. The zero-order valence-corrected chi connectivity index (χ0v) is 11.5. The lowest BCUT2D eigenvalue weighted by Gasteiger charge is -2.34. The van der Waals surface area contributed by atoms with Gasteiger partial charge in [0.1, 0.15) is 12.4 Å². The molecule has 2 atom stereocenters. The Balaban J connectivity index is 1.51. The summed E-state index contributed by atoms with van der Waals surface area (Å²) in [7, 11) is 0. The number of aromatic amines is 1. The Morgan fingerprint density at radius 3 is 3.15 bits per heavy atom. The van der Waals surface area contributed by atoms with Gasteiger partial charge in [0.05, 0.1) is 12.1 Å². The summed E-state index contributed by atoms with van der Waals surface area (Å²) in [5.41, 5.74) is 0. The van der Waals surface area contributed by atoms with E-state index in [2.05, 4.69) is 20.5 Å². The van der Waals surface area contributed by atoms with Crippen LogP contribution in [0.15, 0.2) is 6.33 Å². The van der Waals surface area contributed by atoms with Crippen molar-refractivity contribution >= 4 is 5.91 Å². The van der Waals surface area contributed by atoms with Crippen LogP contribution in [0.5, 0.6) is 0 Å². The standard InChI is InChI=1S/C13H20N4O3/c1-2-19-9-5-8(6-9)13(18)16-10-3-4-20-11(10)12-14-7-15-17-12/h7-11H,2-6H2,1H3,(H,16,18)(H,14,15,17)/t8?,9?,10-,11+/m0/s1. The van der Waals surface area contributed by atoms with Gasteiger partial charge in [-0.2, -0.15) is 5.10 Å². The van der Waals surface area contributed by atoms with Crippen molar-refractivity contribution in [3.63, 3.8) is 0 Å². The fraction of sp³-hybridized carbons (Fsp3) is 0.769. The van der Waals surface area contributed by atoms with Crippen molar-refractivity contribution in [1.29, 1.82) is 0 Å². The highest BCUT2D eigenvalue weighted by Gasteiger charge is 2.39. The molecule has 1 saturated carbocycles. The number of carbonyl (C=O) groups excluding carboxylic acids is 1. The molecular formula is C13H20N4O3. The minimum Gasteiger partial charge on any atom is -0.378 e. The molecule has 7 nitrogen and oxygen atoms in total. The second-order valence-corrected chi connectivity index (χ2v) is 5.31. The van der Waals surface area contributed by atoms with Crippen molar-refractivity contribution in [1.82, 2.24) is 20.5 Å². The number of nitrogens with zero attached hydrogens (tertiary/aromatic N) is 2. The Morgan fingerprint density at radius 1 is 1.60 bits per heavy atom. The fourth-order valence-corrected chi connectivity index (χ4v) is 2.81. The molecule has 2 N–H and O–H groups in total. The van der Waals surface area contributed by atoms with Crippen molar-refractivity contribution in [2.45, 2.75) is 44.4 Å². The molecule has 1 saturated heterocycles. The number of hydrogen-bond donors (Lipinski definition) is 2. The van der Waals surface area contributed by atoms with Crippen LogP contribution >= 0.6 is 0 Å². The maximum atomic E-state index is 12.2. The van der Waals surface area contributed by atoms with Gasteiger partial charge in [0.15, 0.2) is 5.82 Å². The van der Waals surface area contributed by atoms with Gasteiger partial charge in [0.25, 0.3) is 0 Å². The first-order valence-corrected chi connectivity index (χ1v) is 7.16. The number of ether oxygens (including phenoxy) is 2. The second-order valence-electron chi connectivity index (χ2n) is 5.31. The molecule has 0 unspecified atom stereocenters. The molecule has 110 valence electrons. The summed E-state index contributed by atoms with van der Waals surface area (Å²) in [5.74, 6) is 0.845. The average Bonchev–Trinajstić information content (AvgIpc) is 3.02. The minimum absolute atomic E-state index is 0.0263. The number of aromatic nitrogens is 3. The number of amides is 1. The van der Waals surface area contributed by atoms with Crippen LogP contribution in [-0.4, -0.2) is 46.4 Å². The highest BCUT2D eigenvalue weighted by molar-refractivity contribution is 5.80. The third-order valence-electron chi connectivity index (χ3n) is 3.99. The van der Waals surface area contributed by atoms with E-state index in [0.717, 1.165) is 19.3 Å². The third kappa shape index (κ3) is 2.69. The van der Waals surface area contributed by atoms with Gasteiger partial charge < -0.3 is 14.8 Å². The van der Waals surface area contributed by atoms with E-state index >= 15 is 0 Å². The Kier molecular flexibility index (Phi) is 3.98. The first kappa shape index (κ1) is 13.5. The van der Waals surface area contributed by atoms with Crippen LogP contribution in [0.4, 0.5) is 0 Å². The second kappa shape index (κ2) is 5.88. The molecule has 1 aliphatic heterocycles. The number of H-pyrrole nitrogens is 1. The fourth-order valence-electron chi connectivity index (χ4n) is 2.81. The zero-order chi connectivity index (χ0) is 13.9. The van der Waals surface area contributed by atoms with Gasteiger partial charge in [-0.3, -0.25) is 9.89 Å². The molecule has 1 aromatic rings. The highest BCUT2D eigenvalue weighted by Crippen LogP contribution is 2.32. The van der Waals surface area contributed by atoms with Gasteiger partial charge in [0, 0.05) is 19.1 Å². The quantitative estimate of drug-likeness (QED) is 0.823. The molecule has 2 heterocycles. The van der Waals surface area contributed by atoms with Gasteiger partial charge in [-0.15, -0.1) is 0 Å². The van der Waals surface area contributed by atoms with E-state index in [4.69, 9.17) is 9.47 Å². The largest absolute Gasteiger partial charge is 0.378 e. The van der Waals surface area contributed by atoms with Gasteiger partial charge in [0.2, 0.25) is 5.91 Å². The van der Waals surface area contributed by atoms with Crippen LogP contribution in [0, 0.1) is 5.92 Å². The van der Waals surface area contributed by atoms with E-state index in [1.165, 1.54) is 6.33 Å². The van der Waals surface area contributed by atoms with Crippen LogP contribution in [0.1, 0.15) is 38.1 Å². The predicted molar refractivity (Wildman–Crippen MR) is 69.8 cm³/mol. The molecule has 7 heteroatoms. The van der Waals surface area contributed by atoms with Crippen LogP contribution < -0.4 is 5.32 Å². The Morgan fingerprint density at radius 2 is 2.45 bits per heavy atom. The number of carbonyl (C=O) groups is 1. The number of rotatable bonds is 5. The predicted octanol–water partition coefficient (Wildman–Crippen LogP) is 0.566. The Labute approximate surface area is 117 Å². The minimum atomic E-state index is -0.218. The van der Waals surface area contributed by atoms with Crippen LogP contribution in [0.25, 0.3) is 0 Å². The van der Waals surface area contributed by atoms with Gasteiger partial charge >= 0.3 is 0 Å². The van der Waals surface area contributed by atoms with E-state index in [-0.39, 0.29) is 30.1 Å². The van der Waals surface area contributed by atoms with E-state index in [9.17, 15) is 4.79 Å². The maximum absolute atomic E-state index is 12.2. The highest BCUT2D eigenvalue weighted by atomic mass is 16.5.